The molecule has 0 fully saturated rings. The van der Waals surface area contributed by atoms with E-state index in [9.17, 15) is 0 Å². The number of quaternary nitrogens is 1. The van der Waals surface area contributed by atoms with Crippen LogP contribution in [0.4, 0.5) is 0 Å². The molecule has 3 N–H and O–H groups in total. The predicted octanol–water partition coefficient (Wildman–Crippen LogP) is -1.33. The van der Waals surface area contributed by atoms with Crippen LogP contribution in [-0.4, -0.2) is 0 Å². The van der Waals surface area contributed by atoms with Crippen molar-refractivity contribution >= 4 is 23.2 Å². The summed E-state index contributed by atoms with van der Waals surface area (Å²) in [6.45, 7) is 0.455. The molecular formula is C7H8Cl3NO. The Morgan fingerprint density at radius 2 is 1.92 bits per heavy atom. The summed E-state index contributed by atoms with van der Waals surface area (Å²) in [5.74, 6) is 3.26. The van der Waals surface area contributed by atoms with Gasteiger partial charge in [0.25, 0.3) is 0 Å². The van der Waals surface area contributed by atoms with E-state index < -0.39 is 0 Å². The van der Waals surface area contributed by atoms with Crippen LogP contribution in [0.2, 0.25) is 10.0 Å². The Balaban J connectivity index is 0.00000121. The minimum Gasteiger partial charge on any atom is -1.00 e. The molecule has 0 bridgehead atoms. The van der Waals surface area contributed by atoms with Gasteiger partial charge in [0.05, 0.1) is 10.0 Å². The van der Waals surface area contributed by atoms with Crippen molar-refractivity contribution in [3.05, 3.63) is 33.8 Å². The third kappa shape index (κ3) is 3.17. The van der Waals surface area contributed by atoms with Crippen molar-refractivity contribution in [1.29, 1.82) is 0 Å². The highest BCUT2D eigenvalue weighted by molar-refractivity contribution is 6.41. The normalized spacial score (nSPS) is 9.25. The number of rotatable bonds is 2. The van der Waals surface area contributed by atoms with Gasteiger partial charge in [-0.2, -0.15) is 0 Å². The van der Waals surface area contributed by atoms with Gasteiger partial charge in [0.2, 0.25) is 0 Å². The molecule has 0 aliphatic carbocycles. The summed E-state index contributed by atoms with van der Waals surface area (Å²) in [5, 5.41) is 1.10. The first-order valence-corrected chi connectivity index (χ1v) is 3.80. The standard InChI is InChI=1S/C7H8Cl2NO.ClH/c8-6-2-1-5(4-11-10)3-7(6)9;/h1-3H,4H2,10H3;1H/q+1;/p-1. The van der Waals surface area contributed by atoms with E-state index in [1.807, 2.05) is 6.07 Å². The van der Waals surface area contributed by atoms with Gasteiger partial charge < -0.3 is 12.4 Å². The maximum Gasteiger partial charge on any atom is 0.131 e. The van der Waals surface area contributed by atoms with Crippen molar-refractivity contribution in [2.24, 2.45) is 0 Å². The zero-order valence-corrected chi connectivity index (χ0v) is 8.46. The van der Waals surface area contributed by atoms with Crippen molar-refractivity contribution in [3.8, 4) is 0 Å². The number of halogens is 3. The fourth-order valence-corrected chi connectivity index (χ4v) is 1.07. The van der Waals surface area contributed by atoms with E-state index in [0.717, 1.165) is 5.56 Å². The first kappa shape index (κ1) is 12.0. The van der Waals surface area contributed by atoms with E-state index in [1.54, 1.807) is 12.1 Å². The zero-order chi connectivity index (χ0) is 8.27. The van der Waals surface area contributed by atoms with Crippen LogP contribution in [0.15, 0.2) is 18.2 Å². The number of hydrogen-bond acceptors (Lipinski definition) is 1. The molecule has 0 aliphatic rings. The molecule has 0 aliphatic heterocycles. The molecular weight excluding hydrogens is 220 g/mol. The van der Waals surface area contributed by atoms with Gasteiger partial charge in [-0.15, -0.1) is 0 Å². The Morgan fingerprint density at radius 1 is 1.25 bits per heavy atom. The lowest BCUT2D eigenvalue weighted by Gasteiger charge is -1.98. The zero-order valence-electron chi connectivity index (χ0n) is 6.19. The van der Waals surface area contributed by atoms with E-state index in [4.69, 9.17) is 23.2 Å². The van der Waals surface area contributed by atoms with Gasteiger partial charge in [0.1, 0.15) is 6.61 Å². The fraction of sp³-hybridized carbons (Fsp3) is 0.143. The molecule has 12 heavy (non-hydrogen) atoms. The Labute approximate surface area is 87.0 Å². The number of hydrogen-bond donors (Lipinski definition) is 1. The molecule has 0 amide bonds. The topological polar surface area (TPSA) is 36.9 Å². The number of benzene rings is 1. The smallest absolute Gasteiger partial charge is 0.131 e. The molecule has 0 saturated heterocycles. The maximum atomic E-state index is 5.74. The molecule has 0 atom stereocenters. The van der Waals surface area contributed by atoms with Crippen LogP contribution in [0.3, 0.4) is 0 Å². The van der Waals surface area contributed by atoms with Crippen LogP contribution >= 0.6 is 23.2 Å². The van der Waals surface area contributed by atoms with Crippen LogP contribution in [0.5, 0.6) is 0 Å². The van der Waals surface area contributed by atoms with E-state index >= 15 is 0 Å². The summed E-state index contributed by atoms with van der Waals surface area (Å²) >= 11 is 11.4. The summed E-state index contributed by atoms with van der Waals surface area (Å²) in [5.41, 5.74) is 0.967. The van der Waals surface area contributed by atoms with Crippen molar-refractivity contribution in [1.82, 2.24) is 0 Å². The van der Waals surface area contributed by atoms with Gasteiger partial charge in [0.15, 0.2) is 0 Å². The summed E-state index contributed by atoms with van der Waals surface area (Å²) in [6, 6.07) is 5.34. The second-order valence-electron chi connectivity index (χ2n) is 2.10. The van der Waals surface area contributed by atoms with Crippen LogP contribution < -0.4 is 18.3 Å². The molecule has 68 valence electrons. The first-order valence-electron chi connectivity index (χ1n) is 3.05. The molecule has 0 aromatic heterocycles. The average molecular weight is 229 g/mol. The molecule has 2 nitrogen and oxygen atoms in total. The van der Waals surface area contributed by atoms with E-state index in [1.165, 1.54) is 0 Å². The van der Waals surface area contributed by atoms with Crippen LogP contribution in [0.1, 0.15) is 5.56 Å². The van der Waals surface area contributed by atoms with E-state index in [0.29, 0.717) is 16.7 Å². The lowest BCUT2D eigenvalue weighted by Crippen LogP contribution is -3.00. The SMILES string of the molecule is [Cl-].[NH3+]OCc1ccc(Cl)c(Cl)c1. The van der Waals surface area contributed by atoms with Crippen LogP contribution in [0.25, 0.3) is 0 Å². The Bertz CT molecular complexity index is 254. The van der Waals surface area contributed by atoms with Gasteiger partial charge in [0, 0.05) is 0 Å². The van der Waals surface area contributed by atoms with E-state index in [-0.39, 0.29) is 12.4 Å². The Hall–Kier alpha value is 0.01000. The Morgan fingerprint density at radius 3 is 2.42 bits per heavy atom. The van der Waals surface area contributed by atoms with Crippen molar-refractivity contribution in [3.63, 3.8) is 0 Å². The monoisotopic (exact) mass is 227 g/mol. The average Bonchev–Trinajstić information content (AvgIpc) is 1.98. The van der Waals surface area contributed by atoms with Crippen LogP contribution in [-0.2, 0) is 11.4 Å². The summed E-state index contributed by atoms with van der Waals surface area (Å²) in [4.78, 5) is 4.67. The summed E-state index contributed by atoms with van der Waals surface area (Å²) in [6.07, 6.45) is 0. The second kappa shape index (κ2) is 5.62. The summed E-state index contributed by atoms with van der Waals surface area (Å²) in [7, 11) is 0. The van der Waals surface area contributed by atoms with Crippen molar-refractivity contribution < 1.29 is 23.1 Å². The summed E-state index contributed by atoms with van der Waals surface area (Å²) < 4.78 is 0. The highest BCUT2D eigenvalue weighted by Gasteiger charge is 1.98. The predicted molar refractivity (Wildman–Crippen MR) is 44.1 cm³/mol. The highest BCUT2D eigenvalue weighted by atomic mass is 35.5. The minimum absolute atomic E-state index is 0. The lowest BCUT2D eigenvalue weighted by atomic mass is 10.2. The van der Waals surface area contributed by atoms with Crippen molar-refractivity contribution in [2.75, 3.05) is 0 Å². The molecule has 5 heteroatoms. The molecule has 1 aromatic carbocycles. The molecule has 1 rings (SSSR count). The third-order valence-corrected chi connectivity index (χ3v) is 1.99. The van der Waals surface area contributed by atoms with E-state index in [2.05, 4.69) is 10.7 Å². The Kier molecular flexibility index (Phi) is 5.63. The second-order valence-corrected chi connectivity index (χ2v) is 2.91. The molecule has 0 unspecified atom stereocenters. The molecule has 1 aromatic rings. The quantitative estimate of drug-likeness (QED) is 0.626. The minimum atomic E-state index is 0. The molecule has 0 spiro atoms. The van der Waals surface area contributed by atoms with Crippen LogP contribution in [0, 0.1) is 0 Å². The highest BCUT2D eigenvalue weighted by Crippen LogP contribution is 2.22. The largest absolute Gasteiger partial charge is 1.00 e. The van der Waals surface area contributed by atoms with Gasteiger partial charge in [-0.05, 0) is 17.7 Å². The van der Waals surface area contributed by atoms with Gasteiger partial charge in [-0.1, -0.05) is 29.3 Å². The fourth-order valence-electron chi connectivity index (χ4n) is 0.747. The van der Waals surface area contributed by atoms with Gasteiger partial charge >= 0.3 is 0 Å². The molecule has 0 heterocycles. The van der Waals surface area contributed by atoms with Crippen molar-refractivity contribution in [2.45, 2.75) is 6.61 Å². The molecule has 0 saturated carbocycles. The molecule has 0 radical (unpaired) electrons. The van der Waals surface area contributed by atoms with Gasteiger partial charge in [-0.25, -0.2) is 10.7 Å². The lowest BCUT2D eigenvalue weighted by molar-refractivity contribution is -0.695. The third-order valence-electron chi connectivity index (χ3n) is 1.25. The van der Waals surface area contributed by atoms with Gasteiger partial charge in [-0.3, -0.25) is 0 Å². The first-order chi connectivity index (χ1) is 5.24. The maximum absolute atomic E-state index is 5.74.